The van der Waals surface area contributed by atoms with E-state index >= 15 is 0 Å². The molecule has 14 heteroatoms. The number of aliphatic hydroxyl groups excluding tert-OH is 3. The minimum atomic E-state index is -1.48. The maximum absolute atomic E-state index is 14.2. The Bertz CT molecular complexity index is 1970. The highest BCUT2D eigenvalue weighted by molar-refractivity contribution is 6.06. The molecule has 0 bridgehead atoms. The van der Waals surface area contributed by atoms with Crippen LogP contribution in [0.3, 0.4) is 0 Å². The minimum Gasteiger partial charge on any atom is -0.506 e. The molecule has 4 aliphatic heterocycles. The molecule has 254 valence electrons. The van der Waals surface area contributed by atoms with Gasteiger partial charge in [0.25, 0.3) is 5.91 Å². The van der Waals surface area contributed by atoms with Crippen LogP contribution in [-0.2, 0) is 31.8 Å². The normalized spacial score (nSPS) is 33.4. The third kappa shape index (κ3) is 4.05. The first kappa shape index (κ1) is 30.3. The van der Waals surface area contributed by atoms with Crippen molar-refractivity contribution < 1.29 is 58.4 Å². The first-order chi connectivity index (χ1) is 23.0. The van der Waals surface area contributed by atoms with Gasteiger partial charge in [-0.05, 0) is 31.4 Å². The zero-order valence-electron chi connectivity index (χ0n) is 26.2. The number of benzene rings is 2. The molecule has 2 saturated heterocycles. The molecule has 2 aromatic carbocycles. The SMILES string of the molecule is C[C@H]1OC(OC2CC(O)c3c(oc4c5c6c(c(O)c4c3=O)-c3c(cc4c(c3O)C(=O)N3CCOC3(C)C4)CC6OCO5)C2O)CC[C@@H]1O. The molecule has 9 rings (SSSR count). The van der Waals surface area contributed by atoms with E-state index in [1.54, 1.807) is 11.8 Å². The molecule has 5 N–H and O–H groups in total. The number of aromatic hydroxyl groups is 2. The van der Waals surface area contributed by atoms with Crippen LogP contribution in [0.5, 0.6) is 17.2 Å². The van der Waals surface area contributed by atoms with Gasteiger partial charge in [-0.15, -0.1) is 0 Å². The number of fused-ring (bicyclic) bond motifs is 7. The molecule has 1 aromatic heterocycles. The summed E-state index contributed by atoms with van der Waals surface area (Å²) in [6.45, 7) is 4.09. The number of nitrogens with zero attached hydrogens (tertiary/aromatic N) is 1. The van der Waals surface area contributed by atoms with E-state index in [-0.39, 0.29) is 70.1 Å². The largest absolute Gasteiger partial charge is 0.506 e. The number of phenolic OH excluding ortho intramolecular Hbond substituents is 2. The Kier molecular flexibility index (Phi) is 6.55. The second kappa shape index (κ2) is 10.4. The van der Waals surface area contributed by atoms with Crippen molar-refractivity contribution in [3.63, 3.8) is 0 Å². The van der Waals surface area contributed by atoms with E-state index in [1.807, 2.05) is 13.0 Å². The summed E-state index contributed by atoms with van der Waals surface area (Å²) >= 11 is 0. The summed E-state index contributed by atoms with van der Waals surface area (Å²) in [4.78, 5) is 29.5. The van der Waals surface area contributed by atoms with Crippen molar-refractivity contribution >= 4 is 16.9 Å². The summed E-state index contributed by atoms with van der Waals surface area (Å²) in [7, 11) is 0. The second-order valence-electron chi connectivity index (χ2n) is 13.7. The van der Waals surface area contributed by atoms with Crippen LogP contribution in [0.25, 0.3) is 22.1 Å². The number of hydrogen-bond donors (Lipinski definition) is 5. The fourth-order valence-corrected chi connectivity index (χ4v) is 8.51. The Labute approximate surface area is 272 Å². The van der Waals surface area contributed by atoms with Gasteiger partial charge in [-0.3, -0.25) is 9.59 Å². The van der Waals surface area contributed by atoms with Gasteiger partial charge in [0.2, 0.25) is 5.43 Å². The molecule has 2 fully saturated rings. The van der Waals surface area contributed by atoms with E-state index in [1.165, 1.54) is 0 Å². The lowest BCUT2D eigenvalue weighted by molar-refractivity contribution is -0.253. The maximum Gasteiger partial charge on any atom is 0.260 e. The lowest BCUT2D eigenvalue weighted by Crippen LogP contribution is -2.51. The third-order valence-corrected chi connectivity index (χ3v) is 10.9. The molecule has 8 atom stereocenters. The summed E-state index contributed by atoms with van der Waals surface area (Å²) in [5.41, 5.74) is -0.0844. The van der Waals surface area contributed by atoms with Gasteiger partial charge >= 0.3 is 0 Å². The van der Waals surface area contributed by atoms with E-state index < -0.39 is 65.7 Å². The van der Waals surface area contributed by atoms with Gasteiger partial charge in [-0.1, -0.05) is 6.07 Å². The van der Waals surface area contributed by atoms with Crippen LogP contribution in [0.1, 0.15) is 89.8 Å². The zero-order chi connectivity index (χ0) is 33.4. The van der Waals surface area contributed by atoms with Crippen LogP contribution in [0.15, 0.2) is 15.3 Å². The lowest BCUT2D eigenvalue weighted by atomic mass is 9.77. The van der Waals surface area contributed by atoms with E-state index in [4.69, 9.17) is 28.1 Å². The van der Waals surface area contributed by atoms with E-state index in [0.29, 0.717) is 49.1 Å². The summed E-state index contributed by atoms with van der Waals surface area (Å²) in [6.07, 6.45) is -5.18. The van der Waals surface area contributed by atoms with Gasteiger partial charge in [0.15, 0.2) is 24.4 Å². The first-order valence-corrected chi connectivity index (χ1v) is 16.3. The van der Waals surface area contributed by atoms with Gasteiger partial charge in [-0.25, -0.2) is 0 Å². The molecule has 1 amide bonds. The predicted molar refractivity (Wildman–Crippen MR) is 162 cm³/mol. The molecule has 5 heterocycles. The van der Waals surface area contributed by atoms with Gasteiger partial charge in [0, 0.05) is 48.9 Å². The van der Waals surface area contributed by atoms with Crippen molar-refractivity contribution in [2.75, 3.05) is 19.9 Å². The molecule has 3 aromatic rings. The Balaban J connectivity index is 1.20. The van der Waals surface area contributed by atoms with Gasteiger partial charge in [-0.2, -0.15) is 0 Å². The Morgan fingerprint density at radius 3 is 2.62 bits per heavy atom. The van der Waals surface area contributed by atoms with Crippen molar-refractivity contribution in [3.8, 4) is 28.4 Å². The lowest BCUT2D eigenvalue weighted by Gasteiger charge is -2.40. The highest BCUT2D eigenvalue weighted by Crippen LogP contribution is 2.58. The smallest absolute Gasteiger partial charge is 0.260 e. The summed E-state index contributed by atoms with van der Waals surface area (Å²) in [5.74, 6) is -1.39. The third-order valence-electron chi connectivity index (χ3n) is 10.9. The monoisotopic (exact) mass is 665 g/mol. The highest BCUT2D eigenvalue weighted by atomic mass is 16.7. The minimum absolute atomic E-state index is 0.0765. The molecule has 48 heavy (non-hydrogen) atoms. The number of hydrogen-bond acceptors (Lipinski definition) is 13. The van der Waals surface area contributed by atoms with Crippen LogP contribution in [0, 0.1) is 0 Å². The number of aliphatic hydroxyl groups is 3. The number of carbonyl (C=O) groups excluding carboxylic acids is 1. The predicted octanol–water partition coefficient (Wildman–Crippen LogP) is 2.32. The summed E-state index contributed by atoms with van der Waals surface area (Å²) in [6, 6.07) is 1.82. The highest BCUT2D eigenvalue weighted by Gasteiger charge is 2.49. The molecular formula is C34H35NO13. The number of ether oxygens (including phenoxy) is 5. The molecular weight excluding hydrogens is 630 g/mol. The van der Waals surface area contributed by atoms with Crippen molar-refractivity contribution in [3.05, 3.63) is 49.9 Å². The second-order valence-corrected chi connectivity index (χ2v) is 13.7. The van der Waals surface area contributed by atoms with Crippen LogP contribution in [0.2, 0.25) is 0 Å². The Morgan fingerprint density at radius 1 is 1.02 bits per heavy atom. The van der Waals surface area contributed by atoms with E-state index in [2.05, 4.69) is 0 Å². The van der Waals surface area contributed by atoms with Crippen molar-refractivity contribution in [1.29, 1.82) is 0 Å². The average molecular weight is 666 g/mol. The van der Waals surface area contributed by atoms with Gasteiger partial charge < -0.3 is 58.5 Å². The van der Waals surface area contributed by atoms with Crippen molar-refractivity contribution in [2.45, 2.75) is 94.6 Å². The molecule has 0 spiro atoms. The number of carbonyl (C=O) groups is 1. The molecule has 6 aliphatic rings. The van der Waals surface area contributed by atoms with Crippen LogP contribution in [-0.4, -0.2) is 86.6 Å². The zero-order valence-corrected chi connectivity index (χ0v) is 26.2. The van der Waals surface area contributed by atoms with Gasteiger partial charge in [0.1, 0.15) is 34.5 Å². The van der Waals surface area contributed by atoms with Crippen LogP contribution >= 0.6 is 0 Å². The van der Waals surface area contributed by atoms with E-state index in [0.717, 1.165) is 0 Å². The topological polar surface area (TPSA) is 198 Å². The van der Waals surface area contributed by atoms with Crippen LogP contribution < -0.4 is 10.2 Å². The molecule has 14 nitrogen and oxygen atoms in total. The van der Waals surface area contributed by atoms with E-state index in [9.17, 15) is 35.1 Å². The average Bonchev–Trinajstić information content (AvgIpc) is 3.44. The molecule has 0 saturated carbocycles. The standard InChI is InChI=1S/C34H35NO13/c1-12-15(36)3-4-19(46-12)47-18-9-16(37)22-28(40)25-29(41)24-20-13(7-14-10-34(2)35(5-6-45-34)33(42)21(14)27(20)39)8-17-23(24)31(44-11-43-17)32(25)48-30(22)26(18)38/h7,12,15-19,26,36-39,41H,3-6,8-11H2,1-2H3/t12-,15+,16?,17?,18?,19?,26?,34?/m1/s1. The number of rotatable bonds is 2. The maximum atomic E-state index is 14.2. The quantitative estimate of drug-likeness (QED) is 0.268. The summed E-state index contributed by atoms with van der Waals surface area (Å²) < 4.78 is 35.7. The van der Waals surface area contributed by atoms with Crippen molar-refractivity contribution in [1.82, 2.24) is 4.90 Å². The number of phenols is 2. The molecule has 6 unspecified atom stereocenters. The van der Waals surface area contributed by atoms with Crippen LogP contribution in [0.4, 0.5) is 0 Å². The Hall–Kier alpha value is -3.76. The first-order valence-electron chi connectivity index (χ1n) is 16.3. The fourth-order valence-electron chi connectivity index (χ4n) is 8.51. The Morgan fingerprint density at radius 2 is 1.83 bits per heavy atom. The molecule has 0 radical (unpaired) electrons. The van der Waals surface area contributed by atoms with Gasteiger partial charge in [0.05, 0.1) is 48.3 Å². The fraction of sp³-hybridized carbons (Fsp3) is 0.529. The summed E-state index contributed by atoms with van der Waals surface area (Å²) in [5, 5.41) is 56.1. The number of amides is 1. The molecule has 2 aliphatic carbocycles. The van der Waals surface area contributed by atoms with Crippen molar-refractivity contribution in [2.24, 2.45) is 0 Å².